The minimum Gasteiger partial charge on any atom is -0.289 e. The predicted octanol–water partition coefficient (Wildman–Crippen LogP) is 3.75. The van der Waals surface area contributed by atoms with Crippen LogP contribution in [0, 0.1) is 0 Å². The van der Waals surface area contributed by atoms with Crippen LogP contribution in [0.5, 0.6) is 0 Å². The maximum absolute atomic E-state index is 11.8. The third kappa shape index (κ3) is 1.70. The molecule has 0 atom stereocenters. The van der Waals surface area contributed by atoms with Gasteiger partial charge in [0.25, 0.3) is 0 Å². The Bertz CT molecular complexity index is 426. The van der Waals surface area contributed by atoms with Gasteiger partial charge in [0.15, 0.2) is 5.78 Å². The fraction of sp³-hybridized carbons (Fsp3) is 0.100. The number of thioether (sulfide) groups is 1. The van der Waals surface area contributed by atoms with Gasteiger partial charge >= 0.3 is 0 Å². The second kappa shape index (κ2) is 3.97. The molecule has 0 fully saturated rings. The number of Topliss-reactive ketones (excluding diaryl/α,β-unsaturated/α-hetero) is 1. The third-order valence-electron chi connectivity index (χ3n) is 1.99. The first kappa shape index (κ1) is 10.1. The number of carbonyl (C=O) groups is 1. The fourth-order valence-electron chi connectivity index (χ4n) is 1.28. The van der Waals surface area contributed by atoms with Crippen LogP contribution < -0.4 is 0 Å². The van der Waals surface area contributed by atoms with E-state index in [0.29, 0.717) is 21.9 Å². The summed E-state index contributed by atoms with van der Waals surface area (Å²) in [6.45, 7) is 0. The molecule has 0 aromatic heterocycles. The molecule has 1 nitrogen and oxygen atoms in total. The number of hydrogen-bond acceptors (Lipinski definition) is 2. The normalized spacial score (nSPS) is 18.4. The molecule has 4 heteroatoms. The van der Waals surface area contributed by atoms with Crippen LogP contribution in [0.15, 0.2) is 34.2 Å². The molecular formula is C10H6Cl2OS. The van der Waals surface area contributed by atoms with Gasteiger partial charge in [-0.3, -0.25) is 4.79 Å². The Hall–Kier alpha value is -0.440. The molecule has 1 aromatic rings. The first-order chi connectivity index (χ1) is 6.72. The summed E-state index contributed by atoms with van der Waals surface area (Å²) in [5.74, 6) is 0.619. The summed E-state index contributed by atoms with van der Waals surface area (Å²) in [4.78, 5) is 12.7. The highest BCUT2D eigenvalue weighted by atomic mass is 35.5. The molecule has 0 saturated carbocycles. The molecule has 1 aliphatic rings. The minimum atomic E-state index is -0.0174. The van der Waals surface area contributed by atoms with Crippen molar-refractivity contribution >= 4 is 40.7 Å². The van der Waals surface area contributed by atoms with Gasteiger partial charge in [-0.2, -0.15) is 0 Å². The first-order valence-electron chi connectivity index (χ1n) is 3.98. The van der Waals surface area contributed by atoms with E-state index in [2.05, 4.69) is 0 Å². The van der Waals surface area contributed by atoms with E-state index in [0.717, 1.165) is 4.90 Å². The van der Waals surface area contributed by atoms with Crippen LogP contribution >= 0.6 is 35.0 Å². The van der Waals surface area contributed by atoms with Crippen molar-refractivity contribution in [2.75, 3.05) is 5.75 Å². The van der Waals surface area contributed by atoms with Crippen LogP contribution in [0.2, 0.25) is 5.02 Å². The summed E-state index contributed by atoms with van der Waals surface area (Å²) < 4.78 is 0. The molecule has 0 N–H and O–H groups in total. The molecule has 0 amide bonds. The lowest BCUT2D eigenvalue weighted by Gasteiger charge is -2.16. The number of ketones is 1. The molecule has 14 heavy (non-hydrogen) atoms. The van der Waals surface area contributed by atoms with Gasteiger partial charge in [0.05, 0.1) is 0 Å². The number of fused-ring (bicyclic) bond motifs is 1. The Labute approximate surface area is 96.1 Å². The van der Waals surface area contributed by atoms with Gasteiger partial charge in [-0.15, -0.1) is 11.8 Å². The molecule has 0 unspecified atom stereocenters. The van der Waals surface area contributed by atoms with E-state index >= 15 is 0 Å². The zero-order valence-corrected chi connectivity index (χ0v) is 9.42. The smallest absolute Gasteiger partial charge is 0.191 e. The second-order valence-corrected chi connectivity index (χ2v) is 4.56. The summed E-state index contributed by atoms with van der Waals surface area (Å²) in [6, 6.07) is 5.34. The van der Waals surface area contributed by atoms with E-state index in [1.165, 1.54) is 5.54 Å². The van der Waals surface area contributed by atoms with E-state index < -0.39 is 0 Å². The molecule has 72 valence electrons. The fourth-order valence-corrected chi connectivity index (χ4v) is 2.72. The molecule has 0 bridgehead atoms. The quantitative estimate of drug-likeness (QED) is 0.647. The van der Waals surface area contributed by atoms with E-state index in [4.69, 9.17) is 23.2 Å². The van der Waals surface area contributed by atoms with Crippen LogP contribution in [0.1, 0.15) is 10.4 Å². The lowest BCUT2D eigenvalue weighted by atomic mass is 10.1. The van der Waals surface area contributed by atoms with Crippen LogP contribution in [0.3, 0.4) is 0 Å². The monoisotopic (exact) mass is 244 g/mol. The van der Waals surface area contributed by atoms with E-state index in [-0.39, 0.29) is 5.78 Å². The number of hydrogen-bond donors (Lipinski definition) is 0. The van der Waals surface area contributed by atoms with Crippen molar-refractivity contribution < 1.29 is 4.79 Å². The Kier molecular flexibility index (Phi) is 2.86. The Morgan fingerprint density at radius 2 is 2.21 bits per heavy atom. The van der Waals surface area contributed by atoms with E-state index in [9.17, 15) is 4.79 Å². The highest BCUT2D eigenvalue weighted by Gasteiger charge is 2.22. The predicted molar refractivity (Wildman–Crippen MR) is 60.4 cm³/mol. The van der Waals surface area contributed by atoms with Gasteiger partial charge < -0.3 is 0 Å². The van der Waals surface area contributed by atoms with Crippen LogP contribution in [-0.4, -0.2) is 11.5 Å². The summed E-state index contributed by atoms with van der Waals surface area (Å²) >= 11 is 13.0. The lowest BCUT2D eigenvalue weighted by Crippen LogP contribution is -2.11. The Morgan fingerprint density at radius 1 is 1.43 bits per heavy atom. The molecule has 2 rings (SSSR count). The van der Waals surface area contributed by atoms with Crippen molar-refractivity contribution in [2.24, 2.45) is 0 Å². The molecule has 0 radical (unpaired) electrons. The lowest BCUT2D eigenvalue weighted by molar-refractivity contribution is 0.103. The molecule has 0 saturated heterocycles. The van der Waals surface area contributed by atoms with Gasteiger partial charge in [0.2, 0.25) is 0 Å². The highest BCUT2D eigenvalue weighted by molar-refractivity contribution is 7.99. The van der Waals surface area contributed by atoms with E-state index in [1.807, 2.05) is 6.07 Å². The second-order valence-electron chi connectivity index (χ2n) is 2.89. The number of benzene rings is 1. The van der Waals surface area contributed by atoms with Crippen molar-refractivity contribution in [3.8, 4) is 0 Å². The van der Waals surface area contributed by atoms with Gasteiger partial charge in [-0.1, -0.05) is 23.2 Å². The largest absolute Gasteiger partial charge is 0.289 e. The molecule has 0 aliphatic carbocycles. The maximum Gasteiger partial charge on any atom is 0.191 e. The number of rotatable bonds is 0. The van der Waals surface area contributed by atoms with Crippen molar-refractivity contribution in [1.29, 1.82) is 0 Å². The third-order valence-corrected chi connectivity index (χ3v) is 3.61. The average Bonchev–Trinajstić information content (AvgIpc) is 2.20. The summed E-state index contributed by atoms with van der Waals surface area (Å²) in [5.41, 5.74) is 2.63. The summed E-state index contributed by atoms with van der Waals surface area (Å²) in [7, 11) is 0. The van der Waals surface area contributed by atoms with Crippen LogP contribution in [0.25, 0.3) is 0 Å². The SMILES string of the molecule is O=C1/C(=C\Cl)CSc2ccc(Cl)cc21. The zero-order valence-electron chi connectivity index (χ0n) is 7.09. The Balaban J connectivity index is 2.54. The van der Waals surface area contributed by atoms with Crippen LogP contribution in [-0.2, 0) is 0 Å². The van der Waals surface area contributed by atoms with Crippen molar-refractivity contribution in [2.45, 2.75) is 4.90 Å². The molecule has 1 heterocycles. The van der Waals surface area contributed by atoms with Crippen molar-refractivity contribution in [3.63, 3.8) is 0 Å². The standard InChI is InChI=1S/C10H6Cl2OS/c11-4-6-5-14-9-2-1-7(12)3-8(9)10(6)13/h1-4H,5H2/b6-4-. The van der Waals surface area contributed by atoms with Gasteiger partial charge in [0.1, 0.15) is 0 Å². The molecule has 1 aromatic carbocycles. The topological polar surface area (TPSA) is 17.1 Å². The number of carbonyl (C=O) groups excluding carboxylic acids is 1. The van der Waals surface area contributed by atoms with Crippen molar-refractivity contribution in [3.05, 3.63) is 39.9 Å². The number of halogens is 2. The van der Waals surface area contributed by atoms with Crippen molar-refractivity contribution in [1.82, 2.24) is 0 Å². The molecule has 1 aliphatic heterocycles. The van der Waals surface area contributed by atoms with Gasteiger partial charge in [-0.05, 0) is 18.2 Å². The first-order valence-corrected chi connectivity index (χ1v) is 5.78. The summed E-state index contributed by atoms with van der Waals surface area (Å²) in [5, 5.41) is 0.577. The van der Waals surface area contributed by atoms with Gasteiger partial charge in [0, 0.05) is 32.3 Å². The zero-order chi connectivity index (χ0) is 10.1. The summed E-state index contributed by atoms with van der Waals surface area (Å²) in [6.07, 6.45) is 0. The van der Waals surface area contributed by atoms with Crippen LogP contribution in [0.4, 0.5) is 0 Å². The Morgan fingerprint density at radius 3 is 2.93 bits per heavy atom. The maximum atomic E-state index is 11.8. The molecule has 0 spiro atoms. The van der Waals surface area contributed by atoms with Gasteiger partial charge in [-0.25, -0.2) is 0 Å². The molecular weight excluding hydrogens is 239 g/mol. The minimum absolute atomic E-state index is 0.0174. The average molecular weight is 245 g/mol. The highest BCUT2D eigenvalue weighted by Crippen LogP contribution is 2.34. The van der Waals surface area contributed by atoms with E-state index in [1.54, 1.807) is 23.9 Å².